The Bertz CT molecular complexity index is 979. The summed E-state index contributed by atoms with van der Waals surface area (Å²) in [6.07, 6.45) is 11.4. The third-order valence-corrected chi connectivity index (χ3v) is 7.64. The number of rotatable bonds is 4. The summed E-state index contributed by atoms with van der Waals surface area (Å²) in [6, 6.07) is 9.04. The zero-order chi connectivity index (χ0) is 22.7. The van der Waals surface area contributed by atoms with Crippen LogP contribution in [0.5, 0.6) is 0 Å². The van der Waals surface area contributed by atoms with Crippen LogP contribution in [0.4, 0.5) is 0 Å². The summed E-state index contributed by atoms with van der Waals surface area (Å²) < 4.78 is 0. The van der Waals surface area contributed by atoms with Crippen LogP contribution in [0.1, 0.15) is 61.1 Å². The molecule has 6 heteroatoms. The maximum Gasteiger partial charge on any atom is 0.125 e. The van der Waals surface area contributed by atoms with Crippen molar-refractivity contribution >= 4 is 0 Å². The monoisotopic (exact) mass is 446 g/mol. The Labute approximate surface area is 196 Å². The van der Waals surface area contributed by atoms with Crippen molar-refractivity contribution in [1.82, 2.24) is 19.8 Å². The Morgan fingerprint density at radius 2 is 1.73 bits per heavy atom. The van der Waals surface area contributed by atoms with Crippen molar-refractivity contribution in [2.24, 2.45) is 0 Å². The zero-order valence-corrected chi connectivity index (χ0v) is 19.2. The smallest absolute Gasteiger partial charge is 0.125 e. The van der Waals surface area contributed by atoms with Gasteiger partial charge in [-0.1, -0.05) is 24.0 Å². The highest BCUT2D eigenvalue weighted by atomic mass is 16.3. The van der Waals surface area contributed by atoms with Crippen LogP contribution in [0.15, 0.2) is 43.0 Å². The first-order chi connectivity index (χ1) is 16.1. The standard InChI is InChI=1S/C27H34N4O2/c32-19-25-26(23-7-5-21(6-8-23)9-12-27(33)10-1-2-11-27)24-18-30(13-3-4-14-31(24)25)17-22-15-28-20-29-16-22/h5-8,15-16,20,24-26,32-33H,1-4,10-11,13-14,17-19H2/t24-,25-,26+/m0/s1. The van der Waals surface area contributed by atoms with E-state index in [2.05, 4.69) is 55.9 Å². The number of aliphatic hydroxyl groups excluding tert-OH is 1. The van der Waals surface area contributed by atoms with Crippen molar-refractivity contribution in [3.05, 3.63) is 59.7 Å². The number of benzene rings is 1. The lowest BCUT2D eigenvalue weighted by molar-refractivity contribution is -0.0655. The summed E-state index contributed by atoms with van der Waals surface area (Å²) in [5, 5.41) is 20.7. The van der Waals surface area contributed by atoms with Crippen LogP contribution in [-0.4, -0.2) is 73.9 Å². The van der Waals surface area contributed by atoms with Crippen LogP contribution in [0.2, 0.25) is 0 Å². The van der Waals surface area contributed by atoms with Gasteiger partial charge in [0.15, 0.2) is 0 Å². The number of aliphatic hydroxyl groups is 2. The summed E-state index contributed by atoms with van der Waals surface area (Å²) in [4.78, 5) is 13.4. The van der Waals surface area contributed by atoms with E-state index in [0.717, 1.165) is 69.4 Å². The van der Waals surface area contributed by atoms with Crippen LogP contribution in [0, 0.1) is 11.8 Å². The lowest BCUT2D eigenvalue weighted by Gasteiger charge is -2.57. The molecule has 0 amide bonds. The average molecular weight is 447 g/mol. The molecular weight excluding hydrogens is 412 g/mol. The first-order valence-electron chi connectivity index (χ1n) is 12.3. The van der Waals surface area contributed by atoms with Crippen molar-refractivity contribution in [2.75, 3.05) is 26.2 Å². The van der Waals surface area contributed by atoms with E-state index in [0.29, 0.717) is 12.0 Å². The molecule has 0 radical (unpaired) electrons. The molecule has 3 heterocycles. The minimum Gasteiger partial charge on any atom is -0.395 e. The number of hydrogen-bond donors (Lipinski definition) is 2. The van der Waals surface area contributed by atoms with Crippen molar-refractivity contribution in [1.29, 1.82) is 0 Å². The van der Waals surface area contributed by atoms with Gasteiger partial charge in [0.1, 0.15) is 11.9 Å². The van der Waals surface area contributed by atoms with Crippen LogP contribution >= 0.6 is 0 Å². The van der Waals surface area contributed by atoms with Crippen LogP contribution in [0.25, 0.3) is 0 Å². The largest absolute Gasteiger partial charge is 0.395 e. The Kier molecular flexibility index (Phi) is 6.75. The number of fused-ring (bicyclic) bond motifs is 1. The van der Waals surface area contributed by atoms with Gasteiger partial charge < -0.3 is 10.2 Å². The fraction of sp³-hybridized carbons (Fsp3) is 0.556. The minimum atomic E-state index is -0.804. The SMILES string of the molecule is OC[C@H]1[C@H](c2ccc(C#CC3(O)CCCC3)cc2)[C@@H]2CN(Cc3cncnc3)CCCCN12. The topological polar surface area (TPSA) is 72.7 Å². The summed E-state index contributed by atoms with van der Waals surface area (Å²) in [7, 11) is 0. The van der Waals surface area contributed by atoms with E-state index < -0.39 is 5.60 Å². The van der Waals surface area contributed by atoms with Gasteiger partial charge in [0.05, 0.1) is 6.61 Å². The van der Waals surface area contributed by atoms with E-state index in [9.17, 15) is 10.2 Å². The second kappa shape index (κ2) is 9.90. The highest BCUT2D eigenvalue weighted by Gasteiger charge is 2.49. The van der Waals surface area contributed by atoms with E-state index >= 15 is 0 Å². The van der Waals surface area contributed by atoms with Gasteiger partial charge in [0.2, 0.25) is 0 Å². The molecule has 0 spiro atoms. The molecule has 3 atom stereocenters. The molecule has 0 bridgehead atoms. The number of aromatic nitrogens is 2. The highest BCUT2D eigenvalue weighted by molar-refractivity contribution is 5.40. The second-order valence-corrected chi connectivity index (χ2v) is 9.88. The molecule has 2 aliphatic heterocycles. The third kappa shape index (κ3) is 4.97. The molecule has 1 saturated carbocycles. The van der Waals surface area contributed by atoms with Gasteiger partial charge in [-0.15, -0.1) is 0 Å². The molecule has 174 valence electrons. The first kappa shape index (κ1) is 22.5. The Morgan fingerprint density at radius 3 is 2.45 bits per heavy atom. The van der Waals surface area contributed by atoms with E-state index in [-0.39, 0.29) is 12.6 Å². The molecule has 2 N–H and O–H groups in total. The maximum atomic E-state index is 10.5. The minimum absolute atomic E-state index is 0.172. The summed E-state index contributed by atoms with van der Waals surface area (Å²) in [6.45, 7) is 4.15. The fourth-order valence-electron chi connectivity index (χ4n) is 5.89. The van der Waals surface area contributed by atoms with Gasteiger partial charge in [0, 0.05) is 54.6 Å². The molecule has 1 aromatic heterocycles. The molecular formula is C27H34N4O2. The zero-order valence-electron chi connectivity index (χ0n) is 19.2. The van der Waals surface area contributed by atoms with Crippen molar-refractivity contribution in [3.63, 3.8) is 0 Å². The normalized spacial score (nSPS) is 27.5. The van der Waals surface area contributed by atoms with Gasteiger partial charge in [-0.25, -0.2) is 9.97 Å². The molecule has 1 aliphatic carbocycles. The fourth-order valence-corrected chi connectivity index (χ4v) is 5.89. The van der Waals surface area contributed by atoms with Crippen molar-refractivity contribution < 1.29 is 10.2 Å². The molecule has 2 aromatic rings. The summed E-state index contributed by atoms with van der Waals surface area (Å²) in [5.41, 5.74) is 2.55. The van der Waals surface area contributed by atoms with E-state index in [4.69, 9.17) is 0 Å². The van der Waals surface area contributed by atoms with Crippen LogP contribution in [0.3, 0.4) is 0 Å². The predicted molar refractivity (Wildman–Crippen MR) is 127 cm³/mol. The molecule has 0 unspecified atom stereocenters. The van der Waals surface area contributed by atoms with Crippen LogP contribution < -0.4 is 0 Å². The van der Waals surface area contributed by atoms with Crippen molar-refractivity contribution in [3.8, 4) is 11.8 Å². The molecule has 6 nitrogen and oxygen atoms in total. The average Bonchev–Trinajstić information content (AvgIpc) is 3.26. The van der Waals surface area contributed by atoms with E-state index in [1.54, 1.807) is 6.33 Å². The molecule has 3 fully saturated rings. The number of hydrogen-bond acceptors (Lipinski definition) is 6. The molecule has 3 aliphatic rings. The lowest BCUT2D eigenvalue weighted by atomic mass is 9.74. The van der Waals surface area contributed by atoms with Crippen LogP contribution in [-0.2, 0) is 6.54 Å². The lowest BCUT2D eigenvalue weighted by Crippen LogP contribution is -2.67. The maximum absolute atomic E-state index is 10.5. The van der Waals surface area contributed by atoms with Crippen molar-refractivity contribution in [2.45, 2.75) is 68.7 Å². The number of nitrogens with zero attached hydrogens (tertiary/aromatic N) is 4. The van der Waals surface area contributed by atoms with Gasteiger partial charge >= 0.3 is 0 Å². The predicted octanol–water partition coefficient (Wildman–Crippen LogP) is 2.56. The van der Waals surface area contributed by atoms with Gasteiger partial charge in [-0.05, 0) is 69.3 Å². The highest BCUT2D eigenvalue weighted by Crippen LogP contribution is 2.42. The van der Waals surface area contributed by atoms with Gasteiger partial charge in [-0.2, -0.15) is 0 Å². The Balaban J connectivity index is 1.31. The second-order valence-electron chi connectivity index (χ2n) is 9.88. The Morgan fingerprint density at radius 1 is 1.00 bits per heavy atom. The summed E-state index contributed by atoms with van der Waals surface area (Å²) >= 11 is 0. The van der Waals surface area contributed by atoms with Gasteiger partial charge in [-0.3, -0.25) is 9.80 Å². The Hall–Kier alpha value is -2.30. The summed E-state index contributed by atoms with van der Waals surface area (Å²) in [5.74, 6) is 6.59. The molecule has 2 saturated heterocycles. The van der Waals surface area contributed by atoms with Gasteiger partial charge in [0.25, 0.3) is 0 Å². The molecule has 1 aromatic carbocycles. The van der Waals surface area contributed by atoms with E-state index in [1.807, 2.05) is 12.4 Å². The third-order valence-electron chi connectivity index (χ3n) is 7.64. The first-order valence-corrected chi connectivity index (χ1v) is 12.3. The molecule has 5 rings (SSSR count). The quantitative estimate of drug-likeness (QED) is 0.704. The van der Waals surface area contributed by atoms with E-state index in [1.165, 1.54) is 12.0 Å². The molecule has 33 heavy (non-hydrogen) atoms.